The Morgan fingerprint density at radius 3 is 2.75 bits per heavy atom. The molecule has 24 heavy (non-hydrogen) atoms. The maximum Gasteiger partial charge on any atom is 0.348 e. The number of rotatable bonds is 4. The molecule has 0 aliphatic heterocycles. The van der Waals surface area contributed by atoms with Crippen molar-refractivity contribution in [1.82, 2.24) is 0 Å². The van der Waals surface area contributed by atoms with Gasteiger partial charge in [0, 0.05) is 10.4 Å². The maximum atomic E-state index is 13.2. The van der Waals surface area contributed by atoms with Gasteiger partial charge in [0.1, 0.15) is 10.7 Å². The Balaban J connectivity index is 1.61. The SMILES string of the molecule is Cc1ccc(F)cc1NC(=O)COC(=O)c1cc2ccccc2s1. The number of halogens is 1. The van der Waals surface area contributed by atoms with Crippen LogP contribution in [0, 0.1) is 12.7 Å². The Kier molecular flexibility index (Phi) is 4.57. The van der Waals surface area contributed by atoms with Crippen LogP contribution in [0.5, 0.6) is 0 Å². The molecule has 122 valence electrons. The lowest BCUT2D eigenvalue weighted by atomic mass is 10.2. The third-order valence-corrected chi connectivity index (χ3v) is 4.53. The molecule has 2 aromatic carbocycles. The molecule has 0 spiro atoms. The number of anilines is 1. The fourth-order valence-electron chi connectivity index (χ4n) is 2.20. The molecule has 0 aliphatic carbocycles. The van der Waals surface area contributed by atoms with Crippen molar-refractivity contribution < 1.29 is 18.7 Å². The van der Waals surface area contributed by atoms with Crippen LogP contribution in [-0.4, -0.2) is 18.5 Å². The van der Waals surface area contributed by atoms with Crippen LogP contribution in [0.4, 0.5) is 10.1 Å². The predicted octanol–water partition coefficient (Wildman–Crippen LogP) is 4.14. The zero-order valence-electron chi connectivity index (χ0n) is 12.8. The molecule has 0 unspecified atom stereocenters. The van der Waals surface area contributed by atoms with Gasteiger partial charge in [-0.1, -0.05) is 24.3 Å². The summed E-state index contributed by atoms with van der Waals surface area (Å²) in [5.41, 5.74) is 1.08. The van der Waals surface area contributed by atoms with E-state index in [0.29, 0.717) is 10.6 Å². The van der Waals surface area contributed by atoms with Crippen LogP contribution in [0.3, 0.4) is 0 Å². The van der Waals surface area contributed by atoms with E-state index in [1.165, 1.54) is 23.5 Å². The van der Waals surface area contributed by atoms with E-state index in [-0.39, 0.29) is 0 Å². The van der Waals surface area contributed by atoms with E-state index in [4.69, 9.17) is 4.74 Å². The number of esters is 1. The number of hydrogen-bond donors (Lipinski definition) is 1. The number of fused-ring (bicyclic) bond motifs is 1. The smallest absolute Gasteiger partial charge is 0.348 e. The van der Waals surface area contributed by atoms with Gasteiger partial charge in [-0.05, 0) is 42.1 Å². The number of ether oxygens (including phenoxy) is 1. The van der Waals surface area contributed by atoms with Gasteiger partial charge >= 0.3 is 5.97 Å². The lowest BCUT2D eigenvalue weighted by Crippen LogP contribution is -2.21. The fraction of sp³-hybridized carbons (Fsp3) is 0.111. The second kappa shape index (κ2) is 6.80. The third-order valence-electron chi connectivity index (χ3n) is 3.43. The molecule has 1 aromatic heterocycles. The summed E-state index contributed by atoms with van der Waals surface area (Å²) in [5, 5.41) is 3.48. The first-order valence-corrected chi connectivity index (χ1v) is 8.06. The third kappa shape index (κ3) is 3.60. The number of hydrogen-bond acceptors (Lipinski definition) is 4. The zero-order valence-corrected chi connectivity index (χ0v) is 13.7. The molecule has 0 atom stereocenters. The largest absolute Gasteiger partial charge is 0.451 e. The van der Waals surface area contributed by atoms with E-state index in [2.05, 4.69) is 5.32 Å². The monoisotopic (exact) mass is 343 g/mol. The van der Waals surface area contributed by atoms with Crippen LogP contribution in [0.25, 0.3) is 10.1 Å². The Hall–Kier alpha value is -2.73. The van der Waals surface area contributed by atoms with Crippen molar-refractivity contribution in [3.8, 4) is 0 Å². The fourth-order valence-corrected chi connectivity index (χ4v) is 3.16. The van der Waals surface area contributed by atoms with Gasteiger partial charge in [-0.2, -0.15) is 0 Å². The van der Waals surface area contributed by atoms with Gasteiger partial charge in [0.25, 0.3) is 5.91 Å². The summed E-state index contributed by atoms with van der Waals surface area (Å²) in [6.07, 6.45) is 0. The molecule has 0 saturated heterocycles. The number of nitrogens with one attached hydrogen (secondary N) is 1. The summed E-state index contributed by atoms with van der Waals surface area (Å²) < 4.78 is 19.2. The van der Waals surface area contributed by atoms with Crippen molar-refractivity contribution in [2.24, 2.45) is 0 Å². The number of carbonyl (C=O) groups excluding carboxylic acids is 2. The molecular weight excluding hydrogens is 329 g/mol. The van der Waals surface area contributed by atoms with Crippen LogP contribution in [0.2, 0.25) is 0 Å². The van der Waals surface area contributed by atoms with Gasteiger partial charge in [0.2, 0.25) is 0 Å². The highest BCUT2D eigenvalue weighted by Gasteiger charge is 2.14. The molecule has 0 saturated carbocycles. The Labute approximate surface area is 141 Å². The molecule has 1 amide bonds. The van der Waals surface area contributed by atoms with E-state index < -0.39 is 24.3 Å². The Morgan fingerprint density at radius 2 is 1.96 bits per heavy atom. The molecule has 3 rings (SSSR count). The molecule has 4 nitrogen and oxygen atoms in total. The minimum Gasteiger partial charge on any atom is -0.451 e. The number of amides is 1. The molecule has 0 fully saturated rings. The number of benzene rings is 2. The lowest BCUT2D eigenvalue weighted by molar-refractivity contribution is -0.119. The average Bonchev–Trinajstić information content (AvgIpc) is 3.00. The van der Waals surface area contributed by atoms with Crippen molar-refractivity contribution in [2.75, 3.05) is 11.9 Å². The number of thiophene rings is 1. The van der Waals surface area contributed by atoms with E-state index in [9.17, 15) is 14.0 Å². The molecular formula is C18H14FNO3S. The normalized spacial score (nSPS) is 10.6. The summed E-state index contributed by atoms with van der Waals surface area (Å²) in [4.78, 5) is 24.4. The van der Waals surface area contributed by atoms with E-state index in [0.717, 1.165) is 15.6 Å². The quantitative estimate of drug-likeness (QED) is 0.724. The van der Waals surface area contributed by atoms with Crippen molar-refractivity contribution in [3.05, 3.63) is 64.8 Å². The lowest BCUT2D eigenvalue weighted by Gasteiger charge is -2.08. The zero-order chi connectivity index (χ0) is 17.1. The van der Waals surface area contributed by atoms with Crippen LogP contribution < -0.4 is 5.32 Å². The summed E-state index contributed by atoms with van der Waals surface area (Å²) in [6, 6.07) is 13.4. The first-order chi connectivity index (χ1) is 11.5. The molecule has 1 heterocycles. The molecule has 0 radical (unpaired) electrons. The summed E-state index contributed by atoms with van der Waals surface area (Å²) in [7, 11) is 0. The second-order valence-electron chi connectivity index (χ2n) is 5.23. The van der Waals surface area contributed by atoms with Gasteiger partial charge in [0.05, 0.1) is 0 Å². The average molecular weight is 343 g/mol. The highest BCUT2D eigenvalue weighted by atomic mass is 32.1. The van der Waals surface area contributed by atoms with Crippen molar-refractivity contribution in [2.45, 2.75) is 6.92 Å². The second-order valence-corrected chi connectivity index (χ2v) is 6.32. The van der Waals surface area contributed by atoms with Crippen molar-refractivity contribution >= 4 is 39.0 Å². The predicted molar refractivity (Wildman–Crippen MR) is 91.9 cm³/mol. The molecule has 6 heteroatoms. The maximum absolute atomic E-state index is 13.2. The van der Waals surface area contributed by atoms with Gasteiger partial charge < -0.3 is 10.1 Å². The Bertz CT molecular complexity index is 887. The highest BCUT2D eigenvalue weighted by molar-refractivity contribution is 7.20. The summed E-state index contributed by atoms with van der Waals surface area (Å²) >= 11 is 1.31. The molecule has 0 aliphatic rings. The van der Waals surface area contributed by atoms with E-state index in [1.807, 2.05) is 24.3 Å². The number of aryl methyl sites for hydroxylation is 1. The van der Waals surface area contributed by atoms with Crippen molar-refractivity contribution in [3.63, 3.8) is 0 Å². The van der Waals surface area contributed by atoms with E-state index in [1.54, 1.807) is 19.1 Å². The standard InChI is InChI=1S/C18H14FNO3S/c1-11-6-7-13(19)9-14(11)20-17(21)10-23-18(22)16-8-12-4-2-3-5-15(12)24-16/h2-9H,10H2,1H3,(H,20,21). The Morgan fingerprint density at radius 1 is 1.17 bits per heavy atom. The first kappa shape index (κ1) is 16.1. The van der Waals surface area contributed by atoms with Crippen LogP contribution in [-0.2, 0) is 9.53 Å². The van der Waals surface area contributed by atoms with Gasteiger partial charge in [-0.15, -0.1) is 11.3 Å². The van der Waals surface area contributed by atoms with Gasteiger partial charge in [0.15, 0.2) is 6.61 Å². The van der Waals surface area contributed by atoms with Gasteiger partial charge in [-0.3, -0.25) is 4.79 Å². The molecule has 1 N–H and O–H groups in total. The van der Waals surface area contributed by atoms with Crippen LogP contribution in [0.15, 0.2) is 48.5 Å². The first-order valence-electron chi connectivity index (χ1n) is 7.24. The number of carbonyl (C=O) groups is 2. The van der Waals surface area contributed by atoms with Crippen LogP contribution >= 0.6 is 11.3 Å². The summed E-state index contributed by atoms with van der Waals surface area (Å²) in [6.45, 7) is 1.32. The topological polar surface area (TPSA) is 55.4 Å². The minimum atomic E-state index is -0.553. The molecule has 3 aromatic rings. The van der Waals surface area contributed by atoms with Crippen LogP contribution in [0.1, 0.15) is 15.2 Å². The minimum absolute atomic E-state index is 0.359. The van der Waals surface area contributed by atoms with E-state index >= 15 is 0 Å². The highest BCUT2D eigenvalue weighted by Crippen LogP contribution is 2.25. The summed E-state index contributed by atoms with van der Waals surface area (Å²) in [5.74, 6) is -1.52. The van der Waals surface area contributed by atoms with Gasteiger partial charge in [-0.25, -0.2) is 9.18 Å². The molecule has 0 bridgehead atoms. The van der Waals surface area contributed by atoms with Crippen molar-refractivity contribution in [1.29, 1.82) is 0 Å².